The fourth-order valence-electron chi connectivity index (χ4n) is 1.27. The van der Waals surface area contributed by atoms with E-state index < -0.39 is 0 Å². The van der Waals surface area contributed by atoms with Crippen LogP contribution in [-0.2, 0) is 17.8 Å². The van der Waals surface area contributed by atoms with Crippen LogP contribution < -0.4 is 5.32 Å². The highest BCUT2D eigenvalue weighted by molar-refractivity contribution is 4.84. The monoisotopic (exact) mass is 227 g/mol. The minimum absolute atomic E-state index is 0.435. The van der Waals surface area contributed by atoms with Gasteiger partial charge in [0.25, 0.3) is 0 Å². The molecule has 0 atom stereocenters. The maximum Gasteiger partial charge on any atom is 0.226 e. The predicted octanol–water partition coefficient (Wildman–Crippen LogP) is 1.54. The summed E-state index contributed by atoms with van der Waals surface area (Å²) in [6, 6.07) is 0.524. The molecule has 0 aliphatic rings. The topological polar surface area (TPSA) is 60.2 Å². The van der Waals surface area contributed by atoms with Crippen LogP contribution in [0, 0.1) is 0 Å². The van der Waals surface area contributed by atoms with Gasteiger partial charge in [0.15, 0.2) is 5.82 Å². The first-order valence-corrected chi connectivity index (χ1v) is 5.85. The summed E-state index contributed by atoms with van der Waals surface area (Å²) in [6.45, 7) is 8.28. The first-order chi connectivity index (χ1) is 7.72. The molecule has 0 radical (unpaired) electrons. The van der Waals surface area contributed by atoms with Gasteiger partial charge in [0.1, 0.15) is 6.61 Å². The van der Waals surface area contributed by atoms with Crippen molar-refractivity contribution in [3.8, 4) is 0 Å². The Labute approximate surface area is 96.6 Å². The van der Waals surface area contributed by atoms with Crippen molar-refractivity contribution in [2.45, 2.75) is 46.3 Å². The molecule has 5 nitrogen and oxygen atoms in total. The molecule has 0 spiro atoms. The summed E-state index contributed by atoms with van der Waals surface area (Å²) in [6.07, 6.45) is 1.83. The summed E-state index contributed by atoms with van der Waals surface area (Å²) >= 11 is 0. The molecule has 0 fully saturated rings. The molecule has 1 N–H and O–H groups in total. The summed E-state index contributed by atoms with van der Waals surface area (Å²) in [5.41, 5.74) is 0. The van der Waals surface area contributed by atoms with Crippen molar-refractivity contribution in [3.05, 3.63) is 11.7 Å². The Morgan fingerprint density at radius 3 is 2.94 bits per heavy atom. The Morgan fingerprint density at radius 2 is 2.25 bits per heavy atom. The van der Waals surface area contributed by atoms with Crippen molar-refractivity contribution >= 4 is 0 Å². The van der Waals surface area contributed by atoms with E-state index in [1.54, 1.807) is 0 Å². The van der Waals surface area contributed by atoms with Crippen molar-refractivity contribution in [3.63, 3.8) is 0 Å². The average Bonchev–Trinajstić information content (AvgIpc) is 2.69. The van der Waals surface area contributed by atoms with Gasteiger partial charge < -0.3 is 14.6 Å². The zero-order chi connectivity index (χ0) is 11.8. The highest BCUT2D eigenvalue weighted by Gasteiger charge is 2.05. The van der Waals surface area contributed by atoms with Gasteiger partial charge in [0.2, 0.25) is 5.89 Å². The van der Waals surface area contributed by atoms with Crippen molar-refractivity contribution in [1.29, 1.82) is 0 Å². The molecule has 0 aliphatic heterocycles. The van der Waals surface area contributed by atoms with Crippen molar-refractivity contribution in [2.24, 2.45) is 0 Å². The molecule has 0 aromatic carbocycles. The predicted molar refractivity (Wildman–Crippen MR) is 61.1 cm³/mol. The molecule has 1 rings (SSSR count). The first kappa shape index (κ1) is 13.1. The number of hydrogen-bond acceptors (Lipinski definition) is 5. The maximum atomic E-state index is 5.19. The lowest BCUT2D eigenvalue weighted by Crippen LogP contribution is -2.23. The number of hydrogen-bond donors (Lipinski definition) is 1. The summed E-state index contributed by atoms with van der Waals surface area (Å²) in [5.74, 6) is 1.33. The quantitative estimate of drug-likeness (QED) is 0.682. The minimum atomic E-state index is 0.435. The second-order valence-corrected chi connectivity index (χ2v) is 3.95. The van der Waals surface area contributed by atoms with Crippen LogP contribution in [0.4, 0.5) is 0 Å². The molecule has 92 valence electrons. The summed E-state index contributed by atoms with van der Waals surface area (Å²) < 4.78 is 10.3. The number of aryl methyl sites for hydroxylation is 1. The van der Waals surface area contributed by atoms with Crippen LogP contribution >= 0.6 is 0 Å². The third-order valence-electron chi connectivity index (χ3n) is 2.07. The van der Waals surface area contributed by atoms with Crippen LogP contribution in [0.5, 0.6) is 0 Å². The zero-order valence-corrected chi connectivity index (χ0v) is 10.3. The maximum absolute atomic E-state index is 5.19. The van der Waals surface area contributed by atoms with E-state index in [-0.39, 0.29) is 0 Å². The summed E-state index contributed by atoms with van der Waals surface area (Å²) in [5, 5.41) is 7.18. The lowest BCUT2D eigenvalue weighted by Gasteiger charge is -2.05. The van der Waals surface area contributed by atoms with E-state index in [0.717, 1.165) is 19.4 Å². The Hall–Kier alpha value is -0.940. The number of nitrogens with one attached hydrogen (secondary N) is 1. The van der Waals surface area contributed by atoms with Gasteiger partial charge in [-0.25, -0.2) is 0 Å². The van der Waals surface area contributed by atoms with Gasteiger partial charge in [0, 0.05) is 19.1 Å². The zero-order valence-electron chi connectivity index (χ0n) is 10.3. The van der Waals surface area contributed by atoms with E-state index >= 15 is 0 Å². The molecule has 0 aliphatic carbocycles. The third-order valence-corrected chi connectivity index (χ3v) is 2.07. The van der Waals surface area contributed by atoms with Gasteiger partial charge in [-0.2, -0.15) is 4.98 Å². The number of aromatic nitrogens is 2. The normalized spacial score (nSPS) is 11.2. The molecule has 0 saturated heterocycles. The second-order valence-electron chi connectivity index (χ2n) is 3.95. The lowest BCUT2D eigenvalue weighted by atomic mass is 10.3. The van der Waals surface area contributed by atoms with Crippen LogP contribution in [0.15, 0.2) is 4.52 Å². The fourth-order valence-corrected chi connectivity index (χ4v) is 1.27. The lowest BCUT2D eigenvalue weighted by molar-refractivity contribution is 0.126. The van der Waals surface area contributed by atoms with E-state index in [9.17, 15) is 0 Å². The van der Waals surface area contributed by atoms with Crippen LogP contribution in [0.1, 0.15) is 38.9 Å². The van der Waals surface area contributed by atoms with Crippen LogP contribution in [0.2, 0.25) is 0 Å². The molecular formula is C11H21N3O2. The molecule has 1 heterocycles. The number of nitrogens with zero attached hydrogens (tertiary/aromatic N) is 2. The standard InChI is InChI=1S/C11H21N3O2/c1-4-15-8-10-13-11(16-14-10)6-5-7-12-9(2)3/h9,12H,4-8H2,1-3H3. The van der Waals surface area contributed by atoms with Gasteiger partial charge in [-0.1, -0.05) is 19.0 Å². The smallest absolute Gasteiger partial charge is 0.226 e. The Kier molecular flexibility index (Phi) is 6.03. The van der Waals surface area contributed by atoms with E-state index in [1.807, 2.05) is 6.92 Å². The fraction of sp³-hybridized carbons (Fsp3) is 0.818. The van der Waals surface area contributed by atoms with Crippen molar-refractivity contribution in [1.82, 2.24) is 15.5 Å². The molecule has 16 heavy (non-hydrogen) atoms. The molecule has 1 aromatic heterocycles. The molecule has 0 bridgehead atoms. The highest BCUT2D eigenvalue weighted by Crippen LogP contribution is 2.01. The summed E-state index contributed by atoms with van der Waals surface area (Å²) in [4.78, 5) is 4.23. The van der Waals surface area contributed by atoms with Gasteiger partial charge in [0.05, 0.1) is 0 Å². The minimum Gasteiger partial charge on any atom is -0.374 e. The van der Waals surface area contributed by atoms with E-state index in [0.29, 0.717) is 31.0 Å². The SMILES string of the molecule is CCOCc1noc(CCCNC(C)C)n1. The Balaban J connectivity index is 2.19. The second kappa shape index (κ2) is 7.35. The molecular weight excluding hydrogens is 206 g/mol. The van der Waals surface area contributed by atoms with Crippen LogP contribution in [0.3, 0.4) is 0 Å². The molecule has 5 heteroatoms. The molecule has 1 aromatic rings. The first-order valence-electron chi connectivity index (χ1n) is 5.85. The Bertz CT molecular complexity index is 287. The highest BCUT2D eigenvalue weighted by atomic mass is 16.5. The molecule has 0 saturated carbocycles. The Morgan fingerprint density at radius 1 is 1.44 bits per heavy atom. The molecule has 0 amide bonds. The van der Waals surface area contributed by atoms with E-state index in [4.69, 9.17) is 9.26 Å². The summed E-state index contributed by atoms with van der Waals surface area (Å²) in [7, 11) is 0. The average molecular weight is 227 g/mol. The van der Waals surface area contributed by atoms with Crippen molar-refractivity contribution in [2.75, 3.05) is 13.2 Å². The number of ether oxygens (including phenoxy) is 1. The largest absolute Gasteiger partial charge is 0.374 e. The third kappa shape index (κ3) is 5.23. The van der Waals surface area contributed by atoms with Gasteiger partial charge >= 0.3 is 0 Å². The number of rotatable bonds is 8. The van der Waals surface area contributed by atoms with Gasteiger partial charge in [-0.3, -0.25) is 0 Å². The van der Waals surface area contributed by atoms with Crippen LogP contribution in [-0.4, -0.2) is 29.3 Å². The van der Waals surface area contributed by atoms with E-state index in [1.165, 1.54) is 0 Å². The van der Waals surface area contributed by atoms with Gasteiger partial charge in [-0.15, -0.1) is 0 Å². The molecule has 0 unspecified atom stereocenters. The van der Waals surface area contributed by atoms with E-state index in [2.05, 4.69) is 29.3 Å². The van der Waals surface area contributed by atoms with Gasteiger partial charge in [-0.05, 0) is 19.9 Å². The van der Waals surface area contributed by atoms with Crippen molar-refractivity contribution < 1.29 is 9.26 Å². The van der Waals surface area contributed by atoms with Crippen LogP contribution in [0.25, 0.3) is 0 Å².